The number of carbonyl (C=O) groups excluding carboxylic acids is 3. The number of anilines is 1. The number of nitrogens with zero attached hydrogens (tertiary/aromatic N) is 2. The van der Waals surface area contributed by atoms with Gasteiger partial charge in [-0.05, 0) is 36.6 Å². The maximum atomic E-state index is 14.6. The van der Waals surface area contributed by atoms with Gasteiger partial charge in [0.1, 0.15) is 12.6 Å². The molecule has 1 aromatic rings. The van der Waals surface area contributed by atoms with Gasteiger partial charge in [0.25, 0.3) is 5.91 Å². The zero-order valence-electron chi connectivity index (χ0n) is 21.6. The number of aliphatic hydroxyl groups excluding tert-OH is 1. The number of ether oxygens (including phenoxy) is 1. The molecule has 4 rings (SSSR count). The number of esters is 1. The summed E-state index contributed by atoms with van der Waals surface area (Å²) in [5, 5.41) is 10.8. The fraction of sp³-hybridized carbons (Fsp3) is 0.536. The van der Waals surface area contributed by atoms with E-state index in [1.807, 2.05) is 13.8 Å². The maximum Gasteiger partial charge on any atom is 0.311 e. The molecule has 1 aromatic carbocycles. The van der Waals surface area contributed by atoms with E-state index in [0.717, 1.165) is 0 Å². The molecule has 3 heterocycles. The SMILES string of the molecule is C=CCOC(=O)[C@H]1[C@H]2C(=O)N([C@@H](CO)[C@@H](C)CC)C(C(=O)N(CC=C)c3ccc(Cl)cc3)C23CC(Br)[C@@H]1S3. The summed E-state index contributed by atoms with van der Waals surface area (Å²) in [6, 6.07) is 5.50. The lowest BCUT2D eigenvalue weighted by molar-refractivity contribution is -0.153. The van der Waals surface area contributed by atoms with Crippen molar-refractivity contribution in [1.82, 2.24) is 4.90 Å². The van der Waals surface area contributed by atoms with Gasteiger partial charge in [-0.25, -0.2) is 0 Å². The number of hydrogen-bond acceptors (Lipinski definition) is 6. The first-order valence-corrected chi connectivity index (χ1v) is 15.0. The zero-order chi connectivity index (χ0) is 27.8. The fourth-order valence-electron chi connectivity index (χ4n) is 6.25. The smallest absolute Gasteiger partial charge is 0.311 e. The van der Waals surface area contributed by atoms with E-state index in [2.05, 4.69) is 29.1 Å². The molecule has 0 aromatic heterocycles. The molecule has 3 aliphatic rings. The second kappa shape index (κ2) is 11.7. The number of rotatable bonds is 11. The highest BCUT2D eigenvalue weighted by molar-refractivity contribution is 9.09. The molecule has 206 valence electrons. The van der Waals surface area contributed by atoms with Crippen LogP contribution in [0.5, 0.6) is 0 Å². The fourth-order valence-corrected chi connectivity index (χ4v) is 9.95. The van der Waals surface area contributed by atoms with Crippen molar-refractivity contribution >= 4 is 62.8 Å². The normalized spacial score (nSPS) is 31.0. The van der Waals surface area contributed by atoms with Crippen LogP contribution in [0.25, 0.3) is 0 Å². The first-order chi connectivity index (χ1) is 18.2. The van der Waals surface area contributed by atoms with Crippen LogP contribution in [0.3, 0.4) is 0 Å². The van der Waals surface area contributed by atoms with Crippen LogP contribution in [0.15, 0.2) is 49.6 Å². The summed E-state index contributed by atoms with van der Waals surface area (Å²) in [7, 11) is 0. The van der Waals surface area contributed by atoms with Gasteiger partial charge in [-0.1, -0.05) is 66.5 Å². The van der Waals surface area contributed by atoms with Crippen molar-refractivity contribution in [2.45, 2.75) is 53.6 Å². The maximum absolute atomic E-state index is 14.6. The quantitative estimate of drug-likeness (QED) is 0.222. The van der Waals surface area contributed by atoms with Crippen molar-refractivity contribution in [3.8, 4) is 0 Å². The average Bonchev–Trinajstić information content (AvgIpc) is 3.50. The van der Waals surface area contributed by atoms with Gasteiger partial charge >= 0.3 is 5.97 Å². The number of alkyl halides is 1. The van der Waals surface area contributed by atoms with Crippen LogP contribution in [0.2, 0.25) is 5.02 Å². The molecule has 3 fully saturated rings. The molecule has 7 nitrogen and oxygen atoms in total. The van der Waals surface area contributed by atoms with Crippen LogP contribution >= 0.6 is 39.3 Å². The number of carbonyl (C=O) groups is 3. The van der Waals surface area contributed by atoms with Gasteiger partial charge in [0.2, 0.25) is 5.91 Å². The second-order valence-electron chi connectivity index (χ2n) is 10.2. The lowest BCUT2D eigenvalue weighted by Crippen LogP contribution is -2.59. The van der Waals surface area contributed by atoms with Gasteiger partial charge in [0.05, 0.1) is 29.2 Å². The molecule has 1 N–H and O–H groups in total. The summed E-state index contributed by atoms with van der Waals surface area (Å²) < 4.78 is 4.60. The van der Waals surface area contributed by atoms with Gasteiger partial charge in [-0.2, -0.15) is 0 Å². The average molecular weight is 626 g/mol. The van der Waals surface area contributed by atoms with Crippen LogP contribution < -0.4 is 4.90 Å². The van der Waals surface area contributed by atoms with E-state index in [1.165, 1.54) is 17.8 Å². The summed E-state index contributed by atoms with van der Waals surface area (Å²) in [6.45, 7) is 11.4. The van der Waals surface area contributed by atoms with E-state index < -0.39 is 34.6 Å². The van der Waals surface area contributed by atoms with Crippen LogP contribution in [-0.4, -0.2) is 74.5 Å². The van der Waals surface area contributed by atoms with Crippen molar-refractivity contribution in [2.24, 2.45) is 17.8 Å². The molecule has 0 aliphatic carbocycles. The highest BCUT2D eigenvalue weighted by Crippen LogP contribution is 2.68. The van der Waals surface area contributed by atoms with Crippen LogP contribution in [0, 0.1) is 17.8 Å². The van der Waals surface area contributed by atoms with Crippen molar-refractivity contribution in [2.75, 3.05) is 24.7 Å². The predicted molar refractivity (Wildman–Crippen MR) is 155 cm³/mol. The molecule has 10 heteroatoms. The Balaban J connectivity index is 1.85. The van der Waals surface area contributed by atoms with Gasteiger partial charge in [0.15, 0.2) is 0 Å². The number of benzene rings is 1. The molecule has 8 atom stereocenters. The molecule has 0 saturated carbocycles. The zero-order valence-corrected chi connectivity index (χ0v) is 24.8. The summed E-state index contributed by atoms with van der Waals surface area (Å²) >= 11 is 11.4. The number of likely N-dealkylation sites (tertiary alicyclic amines) is 1. The number of amides is 2. The minimum Gasteiger partial charge on any atom is -0.461 e. The van der Waals surface area contributed by atoms with Crippen molar-refractivity contribution in [3.63, 3.8) is 0 Å². The summed E-state index contributed by atoms with van der Waals surface area (Å²) in [5.74, 6) is -2.49. The standard InChI is InChI=1S/C28H34BrClN2O5S/c1-5-12-31(18-10-8-17(30)9-11-18)26(35)24-28-14-19(29)23(38-28)21(27(36)37-13-6-2)22(28)25(34)32(24)20(15-33)16(4)7-3/h5-6,8-11,16,19-24,33H,1-2,7,12-15H2,3-4H3/t16-,19?,20-,21-,22-,23-,24?,28?/m0/s1. The molecule has 3 saturated heterocycles. The van der Waals surface area contributed by atoms with E-state index in [4.69, 9.17) is 16.3 Å². The Kier molecular flexibility index (Phi) is 9.02. The molecule has 2 amide bonds. The third-order valence-electron chi connectivity index (χ3n) is 8.14. The summed E-state index contributed by atoms with van der Waals surface area (Å²) in [6.07, 6.45) is 4.39. The Morgan fingerprint density at radius 2 is 2.03 bits per heavy atom. The Morgan fingerprint density at radius 1 is 1.34 bits per heavy atom. The van der Waals surface area contributed by atoms with Gasteiger partial charge in [-0.15, -0.1) is 18.3 Å². The number of aliphatic hydroxyl groups is 1. The highest BCUT2D eigenvalue weighted by atomic mass is 79.9. The number of fused-ring (bicyclic) bond motifs is 1. The minimum atomic E-state index is -0.881. The molecular formula is C28H34BrClN2O5S. The topological polar surface area (TPSA) is 87.1 Å². The Labute approximate surface area is 241 Å². The highest BCUT2D eigenvalue weighted by Gasteiger charge is 2.76. The molecule has 3 unspecified atom stereocenters. The largest absolute Gasteiger partial charge is 0.461 e. The number of hydrogen-bond donors (Lipinski definition) is 1. The summed E-state index contributed by atoms with van der Waals surface area (Å²) in [5.41, 5.74) is 0.630. The Hall–Kier alpha value is -1.81. The van der Waals surface area contributed by atoms with Crippen molar-refractivity contribution in [1.29, 1.82) is 0 Å². The molecule has 1 spiro atoms. The second-order valence-corrected chi connectivity index (χ2v) is 13.3. The van der Waals surface area contributed by atoms with Crippen LogP contribution in [0.4, 0.5) is 5.69 Å². The van der Waals surface area contributed by atoms with E-state index >= 15 is 0 Å². The minimum absolute atomic E-state index is 0.0511. The van der Waals surface area contributed by atoms with Gasteiger partial charge < -0.3 is 19.6 Å². The molecule has 3 aliphatic heterocycles. The lowest BCUT2D eigenvalue weighted by Gasteiger charge is -2.41. The first kappa shape index (κ1) is 29.2. The van der Waals surface area contributed by atoms with E-state index in [1.54, 1.807) is 40.1 Å². The van der Waals surface area contributed by atoms with Gasteiger partial charge in [-0.3, -0.25) is 14.4 Å². The monoisotopic (exact) mass is 624 g/mol. The Morgan fingerprint density at radius 3 is 2.61 bits per heavy atom. The predicted octanol–water partition coefficient (Wildman–Crippen LogP) is 4.46. The van der Waals surface area contributed by atoms with E-state index in [0.29, 0.717) is 23.6 Å². The van der Waals surface area contributed by atoms with Crippen LogP contribution in [-0.2, 0) is 19.1 Å². The van der Waals surface area contributed by atoms with Crippen LogP contribution in [0.1, 0.15) is 26.7 Å². The molecular weight excluding hydrogens is 592 g/mol. The Bertz CT molecular complexity index is 1100. The third-order valence-corrected chi connectivity index (χ3v) is 11.6. The van der Waals surface area contributed by atoms with E-state index in [-0.39, 0.29) is 47.6 Å². The van der Waals surface area contributed by atoms with Crippen molar-refractivity contribution < 1.29 is 24.2 Å². The molecule has 0 radical (unpaired) electrons. The third kappa shape index (κ3) is 4.73. The summed E-state index contributed by atoms with van der Waals surface area (Å²) in [4.78, 5) is 45.3. The van der Waals surface area contributed by atoms with Crippen molar-refractivity contribution in [3.05, 3.63) is 54.6 Å². The lowest BCUT2D eigenvalue weighted by atomic mass is 9.71. The number of thioether (sulfide) groups is 1. The molecule has 38 heavy (non-hydrogen) atoms. The molecule has 2 bridgehead atoms. The van der Waals surface area contributed by atoms with E-state index in [9.17, 15) is 19.5 Å². The first-order valence-electron chi connectivity index (χ1n) is 12.9. The van der Waals surface area contributed by atoms with Gasteiger partial charge in [0, 0.05) is 27.3 Å². The number of halogens is 2.